The van der Waals surface area contributed by atoms with Gasteiger partial charge in [0.05, 0.1) is 5.69 Å². The van der Waals surface area contributed by atoms with E-state index in [-0.39, 0.29) is 0 Å². The fraction of sp³-hybridized carbons (Fsp3) is 0.292. The van der Waals surface area contributed by atoms with Crippen molar-refractivity contribution in [1.82, 2.24) is 4.98 Å². The molecule has 4 rings (SSSR count). The molecule has 2 aromatic carbocycles. The van der Waals surface area contributed by atoms with E-state index in [0.717, 1.165) is 18.8 Å². The summed E-state index contributed by atoms with van der Waals surface area (Å²) < 4.78 is 0. The molecule has 0 unspecified atom stereocenters. The highest BCUT2D eigenvalue weighted by molar-refractivity contribution is 5.86. The van der Waals surface area contributed by atoms with Crippen molar-refractivity contribution in [3.8, 4) is 0 Å². The molecule has 2 heterocycles. The fourth-order valence-corrected chi connectivity index (χ4v) is 3.76. The number of piperidine rings is 1. The first-order chi connectivity index (χ1) is 12.7. The van der Waals surface area contributed by atoms with E-state index in [9.17, 15) is 0 Å². The molecule has 1 saturated heterocycles. The Morgan fingerprint density at radius 3 is 2.46 bits per heavy atom. The second kappa shape index (κ2) is 7.33. The lowest BCUT2D eigenvalue weighted by Gasteiger charge is -2.30. The number of benzene rings is 2. The van der Waals surface area contributed by atoms with Crippen molar-refractivity contribution in [1.29, 1.82) is 0 Å². The monoisotopic (exact) mass is 342 g/mol. The normalized spacial score (nSPS) is 15.1. The Morgan fingerprint density at radius 2 is 1.62 bits per heavy atom. The molecule has 26 heavy (non-hydrogen) atoms. The zero-order valence-electron chi connectivity index (χ0n) is 15.7. The summed E-state index contributed by atoms with van der Waals surface area (Å²) in [5.74, 6) is 0. The maximum atomic E-state index is 4.61. The summed E-state index contributed by atoms with van der Waals surface area (Å²) in [6, 6.07) is 15.5. The highest BCUT2D eigenvalue weighted by Gasteiger charge is 2.13. The minimum atomic E-state index is 1.03. The van der Waals surface area contributed by atoms with Crippen molar-refractivity contribution in [2.45, 2.75) is 33.1 Å². The van der Waals surface area contributed by atoms with Gasteiger partial charge in [0.2, 0.25) is 0 Å². The third-order valence-corrected chi connectivity index (χ3v) is 5.26. The first kappa shape index (κ1) is 16.8. The van der Waals surface area contributed by atoms with Gasteiger partial charge in [-0.1, -0.05) is 42.0 Å². The van der Waals surface area contributed by atoms with Crippen LogP contribution in [0.25, 0.3) is 22.9 Å². The van der Waals surface area contributed by atoms with Crippen LogP contribution in [0.5, 0.6) is 0 Å². The Morgan fingerprint density at radius 1 is 0.846 bits per heavy atom. The Labute approximate surface area is 156 Å². The van der Waals surface area contributed by atoms with Crippen LogP contribution in [-0.4, -0.2) is 18.1 Å². The summed E-state index contributed by atoms with van der Waals surface area (Å²) in [4.78, 5) is 7.12. The summed E-state index contributed by atoms with van der Waals surface area (Å²) in [5.41, 5.74) is 6.15. The van der Waals surface area contributed by atoms with Gasteiger partial charge in [-0.2, -0.15) is 0 Å². The third-order valence-electron chi connectivity index (χ3n) is 5.26. The second-order valence-corrected chi connectivity index (χ2v) is 7.39. The van der Waals surface area contributed by atoms with Gasteiger partial charge in [-0.3, -0.25) is 4.98 Å². The van der Waals surface area contributed by atoms with Crippen molar-refractivity contribution in [3.05, 3.63) is 71.0 Å². The van der Waals surface area contributed by atoms with Gasteiger partial charge in [0.15, 0.2) is 0 Å². The van der Waals surface area contributed by atoms with Gasteiger partial charge in [0.1, 0.15) is 0 Å². The number of pyridine rings is 1. The number of fused-ring (bicyclic) bond motifs is 1. The lowest BCUT2D eigenvalue weighted by atomic mass is 10.0. The average molecular weight is 342 g/mol. The molecule has 2 heteroatoms. The lowest BCUT2D eigenvalue weighted by Crippen LogP contribution is -2.30. The van der Waals surface area contributed by atoms with Crippen LogP contribution >= 0.6 is 0 Å². The third kappa shape index (κ3) is 3.65. The quantitative estimate of drug-likeness (QED) is 0.579. The van der Waals surface area contributed by atoms with Crippen molar-refractivity contribution >= 4 is 28.6 Å². The highest BCUT2D eigenvalue weighted by atomic mass is 15.1. The first-order valence-electron chi connectivity index (χ1n) is 9.59. The standard InChI is InChI=1S/C24H26N2/c1-18-6-9-22-15-20(7-10-21(22)14-18)8-11-23-16-24(19(2)17-25-23)26-12-4-3-5-13-26/h6-11,14-17H,3-5,12-13H2,1-2H3/b11-8+. The number of aryl methyl sites for hydroxylation is 2. The average Bonchev–Trinajstić information content (AvgIpc) is 2.68. The van der Waals surface area contributed by atoms with Crippen LogP contribution in [0.1, 0.15) is 41.6 Å². The lowest BCUT2D eigenvalue weighted by molar-refractivity contribution is 0.577. The van der Waals surface area contributed by atoms with E-state index in [0.29, 0.717) is 0 Å². The van der Waals surface area contributed by atoms with Crippen LogP contribution in [0.4, 0.5) is 5.69 Å². The molecule has 0 saturated carbocycles. The molecule has 1 fully saturated rings. The van der Waals surface area contributed by atoms with Crippen LogP contribution in [0.3, 0.4) is 0 Å². The van der Waals surface area contributed by atoms with Crippen LogP contribution in [0.15, 0.2) is 48.7 Å². The van der Waals surface area contributed by atoms with Gasteiger partial charge in [-0.25, -0.2) is 0 Å². The second-order valence-electron chi connectivity index (χ2n) is 7.39. The van der Waals surface area contributed by atoms with E-state index in [2.05, 4.69) is 78.3 Å². The molecule has 2 nitrogen and oxygen atoms in total. The Hall–Kier alpha value is -2.61. The van der Waals surface area contributed by atoms with Crippen LogP contribution < -0.4 is 4.90 Å². The summed E-state index contributed by atoms with van der Waals surface area (Å²) in [5, 5.41) is 2.58. The molecule has 0 radical (unpaired) electrons. The highest BCUT2D eigenvalue weighted by Crippen LogP contribution is 2.25. The molecule has 0 atom stereocenters. The van der Waals surface area contributed by atoms with Crippen LogP contribution in [-0.2, 0) is 0 Å². The predicted molar refractivity (Wildman–Crippen MR) is 113 cm³/mol. The number of aromatic nitrogens is 1. The van der Waals surface area contributed by atoms with Gasteiger partial charge in [-0.05, 0) is 73.2 Å². The maximum Gasteiger partial charge on any atom is 0.0650 e. The summed E-state index contributed by atoms with van der Waals surface area (Å²) in [6.07, 6.45) is 10.2. The summed E-state index contributed by atoms with van der Waals surface area (Å²) in [7, 11) is 0. The molecular formula is C24H26N2. The zero-order chi connectivity index (χ0) is 17.9. The molecule has 132 valence electrons. The number of hydrogen-bond donors (Lipinski definition) is 0. The van der Waals surface area contributed by atoms with Crippen molar-refractivity contribution in [2.24, 2.45) is 0 Å². The Kier molecular flexibility index (Phi) is 4.75. The number of nitrogens with zero attached hydrogens (tertiary/aromatic N) is 2. The molecule has 1 aromatic heterocycles. The van der Waals surface area contributed by atoms with E-state index >= 15 is 0 Å². The SMILES string of the molecule is Cc1ccc2cc(/C=C/c3cc(N4CCCCC4)c(C)cn3)ccc2c1. The van der Waals surface area contributed by atoms with E-state index in [1.54, 1.807) is 0 Å². The van der Waals surface area contributed by atoms with Crippen molar-refractivity contribution in [3.63, 3.8) is 0 Å². The summed E-state index contributed by atoms with van der Waals surface area (Å²) >= 11 is 0. The number of rotatable bonds is 3. The number of anilines is 1. The molecule has 3 aromatic rings. The van der Waals surface area contributed by atoms with E-state index in [4.69, 9.17) is 0 Å². The van der Waals surface area contributed by atoms with E-state index < -0.39 is 0 Å². The fourth-order valence-electron chi connectivity index (χ4n) is 3.76. The van der Waals surface area contributed by atoms with Gasteiger partial charge in [0, 0.05) is 25.0 Å². The zero-order valence-corrected chi connectivity index (χ0v) is 15.7. The number of hydrogen-bond acceptors (Lipinski definition) is 2. The first-order valence-corrected chi connectivity index (χ1v) is 9.59. The minimum Gasteiger partial charge on any atom is -0.371 e. The van der Waals surface area contributed by atoms with Crippen molar-refractivity contribution < 1.29 is 0 Å². The van der Waals surface area contributed by atoms with Gasteiger partial charge in [0.25, 0.3) is 0 Å². The predicted octanol–water partition coefficient (Wildman–Crippen LogP) is 6.01. The molecule has 0 amide bonds. The molecule has 0 N–H and O–H groups in total. The molecular weight excluding hydrogens is 316 g/mol. The van der Waals surface area contributed by atoms with Gasteiger partial charge < -0.3 is 4.90 Å². The summed E-state index contributed by atoms with van der Waals surface area (Å²) in [6.45, 7) is 6.63. The molecule has 0 aliphatic carbocycles. The molecule has 0 spiro atoms. The maximum absolute atomic E-state index is 4.61. The van der Waals surface area contributed by atoms with Crippen LogP contribution in [0.2, 0.25) is 0 Å². The molecule has 0 bridgehead atoms. The van der Waals surface area contributed by atoms with E-state index in [1.807, 2.05) is 6.20 Å². The Bertz CT molecular complexity index is 950. The van der Waals surface area contributed by atoms with Gasteiger partial charge >= 0.3 is 0 Å². The van der Waals surface area contributed by atoms with Crippen molar-refractivity contribution in [2.75, 3.05) is 18.0 Å². The minimum absolute atomic E-state index is 1.03. The van der Waals surface area contributed by atoms with E-state index in [1.165, 1.54) is 52.4 Å². The smallest absolute Gasteiger partial charge is 0.0650 e. The van der Waals surface area contributed by atoms with Crippen LogP contribution in [0, 0.1) is 13.8 Å². The topological polar surface area (TPSA) is 16.1 Å². The Balaban J connectivity index is 1.59. The molecule has 1 aliphatic heterocycles. The van der Waals surface area contributed by atoms with Gasteiger partial charge in [-0.15, -0.1) is 0 Å². The molecule has 1 aliphatic rings. The largest absolute Gasteiger partial charge is 0.371 e.